The molecule has 0 saturated heterocycles. The molecule has 1 fully saturated rings. The van der Waals surface area contributed by atoms with Crippen molar-refractivity contribution in [2.75, 3.05) is 19.5 Å². The molecule has 0 unspecified atom stereocenters. The van der Waals surface area contributed by atoms with Crippen molar-refractivity contribution in [3.05, 3.63) is 34.8 Å². The fourth-order valence-electron chi connectivity index (χ4n) is 2.02. The Labute approximate surface area is 138 Å². The molecule has 3 rings (SSSR count). The highest BCUT2D eigenvalue weighted by Gasteiger charge is 2.27. The van der Waals surface area contributed by atoms with Gasteiger partial charge < -0.3 is 9.47 Å². The Morgan fingerprint density at radius 1 is 1.22 bits per heavy atom. The Kier molecular flexibility index (Phi) is 4.57. The summed E-state index contributed by atoms with van der Waals surface area (Å²) in [7, 11) is 3.17. The summed E-state index contributed by atoms with van der Waals surface area (Å²) in [6, 6.07) is 5.42. The number of anilines is 1. The number of rotatable bonds is 6. The molecule has 2 aromatic rings. The standard InChI is InChI=1S/C16H17N3O3S/c1-21-12-7-10(8-13(9-12)22-2)3-6-14(20)17-16-19-18-15(23-16)11-4-5-11/h3,6-9,11H,4-5H2,1-2H3,(H,17,19,20). The van der Waals surface area contributed by atoms with Gasteiger partial charge in [-0.15, -0.1) is 10.2 Å². The minimum absolute atomic E-state index is 0.245. The second-order valence-electron chi connectivity index (χ2n) is 5.19. The van der Waals surface area contributed by atoms with Crippen LogP contribution in [0.1, 0.15) is 29.3 Å². The Morgan fingerprint density at radius 2 is 1.91 bits per heavy atom. The number of ether oxygens (including phenoxy) is 2. The highest BCUT2D eigenvalue weighted by atomic mass is 32.1. The third-order valence-electron chi connectivity index (χ3n) is 3.40. The van der Waals surface area contributed by atoms with E-state index in [1.165, 1.54) is 30.3 Å². The van der Waals surface area contributed by atoms with Crippen molar-refractivity contribution < 1.29 is 14.3 Å². The molecule has 0 spiro atoms. The zero-order chi connectivity index (χ0) is 16.2. The Hall–Kier alpha value is -2.41. The van der Waals surface area contributed by atoms with E-state index in [9.17, 15) is 4.79 Å². The highest BCUT2D eigenvalue weighted by molar-refractivity contribution is 7.15. The van der Waals surface area contributed by atoms with Crippen LogP contribution in [0.15, 0.2) is 24.3 Å². The monoisotopic (exact) mass is 331 g/mol. The topological polar surface area (TPSA) is 73.3 Å². The van der Waals surface area contributed by atoms with E-state index in [-0.39, 0.29) is 5.91 Å². The number of benzene rings is 1. The lowest BCUT2D eigenvalue weighted by molar-refractivity contribution is -0.111. The fourth-order valence-corrected chi connectivity index (χ4v) is 2.94. The summed E-state index contributed by atoms with van der Waals surface area (Å²) >= 11 is 1.44. The molecule has 1 N–H and O–H groups in total. The molecular formula is C16H17N3O3S. The smallest absolute Gasteiger partial charge is 0.250 e. The van der Waals surface area contributed by atoms with Crippen LogP contribution >= 0.6 is 11.3 Å². The van der Waals surface area contributed by atoms with E-state index in [1.54, 1.807) is 26.4 Å². The first-order chi connectivity index (χ1) is 11.2. The Bertz CT molecular complexity index is 716. The van der Waals surface area contributed by atoms with Gasteiger partial charge in [-0.05, 0) is 36.6 Å². The number of aromatic nitrogens is 2. The maximum absolute atomic E-state index is 12.0. The predicted octanol–water partition coefficient (Wildman–Crippen LogP) is 3.08. The van der Waals surface area contributed by atoms with E-state index >= 15 is 0 Å². The van der Waals surface area contributed by atoms with Gasteiger partial charge in [0, 0.05) is 18.1 Å². The first kappa shape index (κ1) is 15.5. The average Bonchev–Trinajstić information content (AvgIpc) is 3.32. The molecule has 120 valence electrons. The average molecular weight is 331 g/mol. The van der Waals surface area contributed by atoms with Gasteiger partial charge in [0.25, 0.3) is 0 Å². The molecule has 0 radical (unpaired) electrons. The lowest BCUT2D eigenvalue weighted by atomic mass is 10.2. The van der Waals surface area contributed by atoms with Crippen LogP contribution in [0.5, 0.6) is 11.5 Å². The molecule has 1 saturated carbocycles. The van der Waals surface area contributed by atoms with E-state index in [1.807, 2.05) is 12.1 Å². The summed E-state index contributed by atoms with van der Waals surface area (Å²) in [6.45, 7) is 0. The maximum atomic E-state index is 12.0. The van der Waals surface area contributed by atoms with Crippen LogP contribution in [0.4, 0.5) is 5.13 Å². The summed E-state index contributed by atoms with van der Waals surface area (Å²) in [6.07, 6.45) is 5.48. The summed E-state index contributed by atoms with van der Waals surface area (Å²) in [5.41, 5.74) is 0.812. The summed E-state index contributed by atoms with van der Waals surface area (Å²) < 4.78 is 10.4. The molecule has 1 aromatic carbocycles. The molecule has 1 aliphatic carbocycles. The number of hydrogen-bond donors (Lipinski definition) is 1. The van der Waals surface area contributed by atoms with E-state index in [4.69, 9.17) is 9.47 Å². The van der Waals surface area contributed by atoms with Crippen LogP contribution in [-0.2, 0) is 4.79 Å². The van der Waals surface area contributed by atoms with Gasteiger partial charge in [-0.1, -0.05) is 11.3 Å². The van der Waals surface area contributed by atoms with Gasteiger partial charge in [-0.25, -0.2) is 0 Å². The van der Waals surface area contributed by atoms with E-state index in [0.29, 0.717) is 22.5 Å². The van der Waals surface area contributed by atoms with Crippen LogP contribution in [-0.4, -0.2) is 30.3 Å². The highest BCUT2D eigenvalue weighted by Crippen LogP contribution is 2.42. The first-order valence-corrected chi connectivity index (χ1v) is 8.05. The quantitative estimate of drug-likeness (QED) is 0.824. The van der Waals surface area contributed by atoms with Crippen LogP contribution in [0.2, 0.25) is 0 Å². The van der Waals surface area contributed by atoms with E-state index in [0.717, 1.165) is 10.6 Å². The first-order valence-electron chi connectivity index (χ1n) is 7.23. The van der Waals surface area contributed by atoms with Crippen molar-refractivity contribution >= 4 is 28.5 Å². The molecule has 0 bridgehead atoms. The van der Waals surface area contributed by atoms with Crippen molar-refractivity contribution in [3.63, 3.8) is 0 Å². The van der Waals surface area contributed by atoms with Crippen LogP contribution in [0, 0.1) is 0 Å². The number of carbonyl (C=O) groups excluding carboxylic acids is 1. The van der Waals surface area contributed by atoms with Gasteiger partial charge in [-0.2, -0.15) is 0 Å². The zero-order valence-electron chi connectivity index (χ0n) is 12.9. The minimum atomic E-state index is -0.245. The second-order valence-corrected chi connectivity index (χ2v) is 6.20. The van der Waals surface area contributed by atoms with Gasteiger partial charge >= 0.3 is 0 Å². The molecule has 6 nitrogen and oxygen atoms in total. The molecular weight excluding hydrogens is 314 g/mol. The minimum Gasteiger partial charge on any atom is -0.497 e. The molecule has 1 aromatic heterocycles. The molecule has 7 heteroatoms. The fraction of sp³-hybridized carbons (Fsp3) is 0.312. The number of amides is 1. The molecule has 0 aliphatic heterocycles. The van der Waals surface area contributed by atoms with Crippen LogP contribution in [0.3, 0.4) is 0 Å². The normalized spacial score (nSPS) is 14.0. The molecule has 1 amide bonds. The summed E-state index contributed by atoms with van der Waals surface area (Å²) in [5, 5.41) is 12.3. The lowest BCUT2D eigenvalue weighted by Crippen LogP contribution is -2.07. The van der Waals surface area contributed by atoms with E-state index in [2.05, 4.69) is 15.5 Å². The largest absolute Gasteiger partial charge is 0.497 e. The SMILES string of the molecule is COc1cc(C=CC(=O)Nc2nnc(C3CC3)s2)cc(OC)c1. The van der Waals surface area contributed by atoms with Crippen LogP contribution in [0.25, 0.3) is 6.08 Å². The van der Waals surface area contributed by atoms with Gasteiger partial charge in [0.2, 0.25) is 11.0 Å². The molecule has 0 atom stereocenters. The zero-order valence-corrected chi connectivity index (χ0v) is 13.7. The summed E-state index contributed by atoms with van der Waals surface area (Å²) in [5.74, 6) is 1.63. The number of methoxy groups -OCH3 is 2. The molecule has 1 heterocycles. The van der Waals surface area contributed by atoms with Crippen molar-refractivity contribution in [2.45, 2.75) is 18.8 Å². The summed E-state index contributed by atoms with van der Waals surface area (Å²) in [4.78, 5) is 12.0. The van der Waals surface area contributed by atoms with Gasteiger partial charge in [0.05, 0.1) is 14.2 Å². The van der Waals surface area contributed by atoms with Gasteiger partial charge in [-0.3, -0.25) is 10.1 Å². The van der Waals surface area contributed by atoms with Crippen molar-refractivity contribution in [3.8, 4) is 11.5 Å². The number of hydrogen-bond acceptors (Lipinski definition) is 6. The number of nitrogens with zero attached hydrogens (tertiary/aromatic N) is 2. The Balaban J connectivity index is 1.65. The number of nitrogens with one attached hydrogen (secondary N) is 1. The maximum Gasteiger partial charge on any atom is 0.250 e. The molecule has 1 aliphatic rings. The molecule has 23 heavy (non-hydrogen) atoms. The number of carbonyl (C=O) groups is 1. The van der Waals surface area contributed by atoms with Gasteiger partial charge in [0.15, 0.2) is 0 Å². The lowest BCUT2D eigenvalue weighted by Gasteiger charge is -2.05. The third-order valence-corrected chi connectivity index (χ3v) is 4.40. The second kappa shape index (κ2) is 6.78. The Morgan fingerprint density at radius 3 is 2.52 bits per heavy atom. The van der Waals surface area contributed by atoms with Crippen molar-refractivity contribution in [1.29, 1.82) is 0 Å². The third kappa shape index (κ3) is 4.07. The van der Waals surface area contributed by atoms with Crippen molar-refractivity contribution in [1.82, 2.24) is 10.2 Å². The van der Waals surface area contributed by atoms with Crippen LogP contribution < -0.4 is 14.8 Å². The van der Waals surface area contributed by atoms with Crippen molar-refractivity contribution in [2.24, 2.45) is 0 Å². The van der Waals surface area contributed by atoms with E-state index < -0.39 is 0 Å². The van der Waals surface area contributed by atoms with Gasteiger partial charge in [0.1, 0.15) is 16.5 Å². The predicted molar refractivity (Wildman–Crippen MR) is 89.1 cm³/mol.